The van der Waals surface area contributed by atoms with Crippen molar-refractivity contribution in [2.75, 3.05) is 26.4 Å². The third-order valence-electron chi connectivity index (χ3n) is 14.6. The number of rotatable bonds is 18. The summed E-state index contributed by atoms with van der Waals surface area (Å²) in [6.07, 6.45) is 12.7. The molecular formula is C56H50N10O10Zn. The zero-order valence-electron chi connectivity index (χ0n) is 42.8. The van der Waals surface area contributed by atoms with E-state index in [0.717, 1.165) is 73.6 Å². The molecule has 0 saturated heterocycles. The average molecular weight is 1090 g/mol. The number of nitrogens with zero attached hydrogens (tertiary/aromatic N) is 10. The molecule has 12 bridgehead atoms. The summed E-state index contributed by atoms with van der Waals surface area (Å²) in [6.45, 7) is 9.79. The first kappa shape index (κ1) is 50.1. The number of nitro groups is 2. The van der Waals surface area contributed by atoms with E-state index in [2.05, 4.69) is 27.7 Å². The van der Waals surface area contributed by atoms with Gasteiger partial charge in [-0.15, -0.1) is 0 Å². The molecule has 4 aromatic carbocycles. The standard InChI is InChI=1S/C56H50N10O10.Zn/c1-5-9-21-71-45-37-33-17-19-35(75-33)39(37)47(73-23-11-7-3)43-41(45)53-59-49-29-15-13-27(65(67)68)25-31(29)52(57-49)62-56-44-42(46(72-22-10-6-2)38-34-18-20-36(76-34)40(38)48(44)74-24-12-8-4)54(64-56)60-50-30-16-14-28(66(69)70)26-32(30)51(58-50)61-55(43)63-53;/h13-20,25-26,33-36H,5-12,21-24H2,1-4H3;/q-2;+2/t33-,34-,35+,36+;/m0./s1. The van der Waals surface area contributed by atoms with Crippen LogP contribution in [0.4, 0.5) is 11.4 Å². The number of nitro benzene ring substituents is 2. The Bertz CT molecular complexity index is 3630. The number of hydrogen-bond acceptors (Lipinski definition) is 16. The van der Waals surface area contributed by atoms with Crippen LogP contribution in [0.1, 0.15) is 126 Å². The normalized spacial score (nSPS) is 17.6. The number of benzene rings is 4. The fourth-order valence-corrected chi connectivity index (χ4v) is 10.9. The summed E-state index contributed by atoms with van der Waals surface area (Å²) in [6, 6.07) is 8.88. The minimum Gasteiger partial charge on any atom is -0.492 e. The Morgan fingerprint density at radius 2 is 0.740 bits per heavy atom. The van der Waals surface area contributed by atoms with Crippen molar-refractivity contribution in [1.29, 1.82) is 0 Å². The van der Waals surface area contributed by atoms with Gasteiger partial charge in [0.1, 0.15) is 47.4 Å². The van der Waals surface area contributed by atoms with Crippen LogP contribution in [-0.2, 0) is 29.0 Å². The van der Waals surface area contributed by atoms with E-state index < -0.39 is 34.3 Å². The Balaban J connectivity index is 0.00000596. The van der Waals surface area contributed by atoms with Gasteiger partial charge in [0, 0.05) is 79.9 Å². The summed E-state index contributed by atoms with van der Waals surface area (Å²) >= 11 is 0. The smallest absolute Gasteiger partial charge is 0.492 e. The molecular weight excluding hydrogens is 1040 g/mol. The Morgan fingerprint density at radius 1 is 0.455 bits per heavy atom. The van der Waals surface area contributed by atoms with Crippen molar-refractivity contribution in [1.82, 2.24) is 39.9 Å². The van der Waals surface area contributed by atoms with Gasteiger partial charge in [0.05, 0.1) is 81.8 Å². The van der Waals surface area contributed by atoms with E-state index >= 15 is 0 Å². The van der Waals surface area contributed by atoms with Crippen LogP contribution in [0.2, 0.25) is 0 Å². The molecule has 6 aliphatic heterocycles. The third kappa shape index (κ3) is 8.11. The summed E-state index contributed by atoms with van der Waals surface area (Å²) in [5.41, 5.74) is 5.22. The molecule has 386 valence electrons. The predicted molar refractivity (Wildman–Crippen MR) is 280 cm³/mol. The molecule has 0 aliphatic carbocycles. The SMILES string of the molecule is CCCCOc1c2c(c(OCCCC)c3c1[C@@H]1C=C[C@H]3O1)-c1nc-2nc2[n-]c(nc3nc(nc4[n-]c(n1)c1cc([N+](=O)[O-])ccc41)-c1c(OCCCC)c4c(c(OCCCC)c1-3)[C@H]1C=C[C@@H]4O1)c1cc([N+](=O)[O-])ccc21.[Zn+2]. The maximum absolute atomic E-state index is 12.5. The maximum Gasteiger partial charge on any atom is 2.00 e. The van der Waals surface area contributed by atoms with Crippen molar-refractivity contribution in [3.63, 3.8) is 0 Å². The minimum atomic E-state index is -0.466. The first-order valence-corrected chi connectivity index (χ1v) is 26.1. The number of ether oxygens (including phenoxy) is 6. The monoisotopic (exact) mass is 1090 g/mol. The Morgan fingerprint density at radius 3 is 1.01 bits per heavy atom. The molecule has 0 radical (unpaired) electrons. The number of hydrogen-bond donors (Lipinski definition) is 0. The van der Waals surface area contributed by atoms with Crippen LogP contribution >= 0.6 is 0 Å². The zero-order chi connectivity index (χ0) is 51.9. The van der Waals surface area contributed by atoms with Gasteiger partial charge in [-0.05, 0) is 48.6 Å². The van der Waals surface area contributed by atoms with E-state index in [1.54, 1.807) is 12.1 Å². The molecule has 0 N–H and O–H groups in total. The fourth-order valence-electron chi connectivity index (χ4n) is 10.9. The second kappa shape index (κ2) is 20.0. The fraction of sp³-hybridized carbons (Fsp3) is 0.357. The summed E-state index contributed by atoms with van der Waals surface area (Å²) in [4.78, 5) is 65.6. The van der Waals surface area contributed by atoms with E-state index in [4.69, 9.17) is 68.3 Å². The van der Waals surface area contributed by atoms with Crippen LogP contribution in [0, 0.1) is 20.2 Å². The van der Waals surface area contributed by atoms with E-state index in [9.17, 15) is 20.2 Å². The van der Waals surface area contributed by atoms with Gasteiger partial charge in [0.25, 0.3) is 11.4 Å². The van der Waals surface area contributed by atoms with Crippen LogP contribution in [0.3, 0.4) is 0 Å². The zero-order valence-corrected chi connectivity index (χ0v) is 45.8. The second-order valence-electron chi connectivity index (χ2n) is 19.5. The maximum atomic E-state index is 12.5. The van der Waals surface area contributed by atoms with Crippen LogP contribution < -0.4 is 28.9 Å². The summed E-state index contributed by atoms with van der Waals surface area (Å²) < 4.78 is 40.3. The average Bonchev–Trinajstić information content (AvgIpc) is 4.47. The number of unbranched alkanes of at least 4 members (excludes halogenated alkanes) is 4. The molecule has 77 heavy (non-hydrogen) atoms. The van der Waals surface area contributed by atoms with Crippen LogP contribution in [0.15, 0.2) is 60.7 Å². The summed E-state index contributed by atoms with van der Waals surface area (Å²) in [5, 5.41) is 26.6. The number of non-ortho nitro benzene ring substituents is 2. The van der Waals surface area contributed by atoms with Crippen molar-refractivity contribution in [3.05, 3.63) is 103 Å². The van der Waals surface area contributed by atoms with Crippen molar-refractivity contribution < 1.29 is 57.7 Å². The van der Waals surface area contributed by atoms with Crippen molar-refractivity contribution in [3.8, 4) is 68.5 Å². The number of aromatic nitrogens is 8. The Hall–Kier alpha value is -7.74. The molecule has 7 aromatic rings. The molecule has 13 rings (SSSR count). The molecule has 6 aliphatic rings. The Kier molecular flexibility index (Phi) is 13.0. The predicted octanol–water partition coefficient (Wildman–Crippen LogP) is 12.0. The molecule has 20 nitrogen and oxygen atoms in total. The molecule has 9 heterocycles. The first-order valence-electron chi connectivity index (χ1n) is 26.1. The van der Waals surface area contributed by atoms with Gasteiger partial charge in [0.2, 0.25) is 0 Å². The van der Waals surface area contributed by atoms with Crippen molar-refractivity contribution >= 4 is 55.5 Å². The van der Waals surface area contributed by atoms with E-state index in [1.807, 2.05) is 24.3 Å². The van der Waals surface area contributed by atoms with Gasteiger partial charge in [-0.25, -0.2) is 9.97 Å². The molecule has 3 aromatic heterocycles. The van der Waals surface area contributed by atoms with Crippen LogP contribution in [-0.4, -0.2) is 66.2 Å². The largest absolute Gasteiger partial charge is 2.00 e. The van der Waals surface area contributed by atoms with Crippen LogP contribution in [0.25, 0.3) is 89.7 Å². The van der Waals surface area contributed by atoms with Gasteiger partial charge in [-0.1, -0.05) is 77.7 Å². The molecule has 0 spiro atoms. The van der Waals surface area contributed by atoms with Gasteiger partial charge in [-0.2, -0.15) is 0 Å². The van der Waals surface area contributed by atoms with Crippen molar-refractivity contribution in [2.45, 2.75) is 103 Å². The summed E-state index contributed by atoms with van der Waals surface area (Å²) in [5.74, 6) is 2.61. The van der Waals surface area contributed by atoms with E-state index in [0.29, 0.717) is 93.2 Å². The quantitative estimate of drug-likeness (QED) is 0.0255. The van der Waals surface area contributed by atoms with Gasteiger partial charge >= 0.3 is 19.5 Å². The Labute approximate surface area is 452 Å². The first-order chi connectivity index (χ1) is 37.2. The molecule has 0 saturated carbocycles. The van der Waals surface area contributed by atoms with E-state index in [-0.39, 0.29) is 76.7 Å². The molecule has 0 amide bonds. The summed E-state index contributed by atoms with van der Waals surface area (Å²) in [7, 11) is 0. The van der Waals surface area contributed by atoms with Gasteiger partial charge in [-0.3, -0.25) is 20.2 Å². The van der Waals surface area contributed by atoms with E-state index in [1.165, 1.54) is 24.3 Å². The topological polar surface area (TPSA) is 247 Å². The minimum absolute atomic E-state index is 0. The third-order valence-corrected chi connectivity index (χ3v) is 14.6. The molecule has 0 fully saturated rings. The van der Waals surface area contributed by atoms with Crippen molar-refractivity contribution in [2.24, 2.45) is 0 Å². The van der Waals surface area contributed by atoms with Crippen LogP contribution in [0.5, 0.6) is 23.0 Å². The second-order valence-corrected chi connectivity index (χ2v) is 19.5. The van der Waals surface area contributed by atoms with Gasteiger partial charge in [0.15, 0.2) is 0 Å². The number of fused-ring (bicyclic) bond motifs is 30. The molecule has 0 unspecified atom stereocenters. The molecule has 21 heteroatoms. The van der Waals surface area contributed by atoms with Gasteiger partial charge < -0.3 is 58.3 Å². The molecule has 4 atom stereocenters.